The first-order valence-electron chi connectivity index (χ1n) is 7.65. The molecule has 2 rings (SSSR count). The summed E-state index contributed by atoms with van der Waals surface area (Å²) in [6.45, 7) is 0.0101. The second-order valence-electron chi connectivity index (χ2n) is 5.75. The van der Waals surface area contributed by atoms with Gasteiger partial charge in [0.1, 0.15) is 0 Å². The zero-order valence-electron chi connectivity index (χ0n) is 12.6. The van der Waals surface area contributed by atoms with E-state index >= 15 is 0 Å². The van der Waals surface area contributed by atoms with Crippen molar-refractivity contribution in [2.75, 3.05) is 19.6 Å². The van der Waals surface area contributed by atoms with Crippen LogP contribution in [0, 0.1) is 0 Å². The first-order valence-corrected chi connectivity index (χ1v) is 7.65. The number of piperidine rings is 1. The molecule has 1 heterocycles. The molecule has 3 N–H and O–H groups in total. The van der Waals surface area contributed by atoms with E-state index in [-0.39, 0.29) is 11.9 Å². The molecule has 0 spiro atoms. The number of nitrogens with zero attached hydrogens (tertiary/aromatic N) is 1. The summed E-state index contributed by atoms with van der Waals surface area (Å²) in [5, 5.41) is 2.35. The summed E-state index contributed by atoms with van der Waals surface area (Å²) < 4.78 is 26.3. The van der Waals surface area contributed by atoms with E-state index < -0.39 is 19.0 Å². The molecule has 1 aliphatic rings. The molecule has 1 aromatic carbocycles. The fraction of sp³-hybridized carbons (Fsp3) is 0.562. The number of hydrogen-bond acceptors (Lipinski definition) is 3. The number of nitrogens with two attached hydrogens (primary N) is 1. The third-order valence-electron chi connectivity index (χ3n) is 3.96. The lowest BCUT2D eigenvalue weighted by atomic mass is 10.0. The number of nitrogens with one attached hydrogen (secondary N) is 1. The predicted octanol–water partition coefficient (Wildman–Crippen LogP) is 1.75. The molecule has 1 amide bonds. The Balaban J connectivity index is 1.95. The first-order chi connectivity index (χ1) is 10.5. The minimum atomic E-state index is -3.05. The molecule has 1 unspecified atom stereocenters. The van der Waals surface area contributed by atoms with Gasteiger partial charge < -0.3 is 11.1 Å². The molecule has 0 aromatic heterocycles. The summed E-state index contributed by atoms with van der Waals surface area (Å²) in [5.74, 6) is -3.38. The molecule has 0 aliphatic carbocycles. The minimum absolute atomic E-state index is 0.330. The molecule has 1 fully saturated rings. The van der Waals surface area contributed by atoms with Crippen LogP contribution in [0.15, 0.2) is 30.3 Å². The van der Waals surface area contributed by atoms with Crippen LogP contribution in [0.3, 0.4) is 0 Å². The van der Waals surface area contributed by atoms with Gasteiger partial charge in [-0.3, -0.25) is 9.69 Å². The van der Waals surface area contributed by atoms with Crippen molar-refractivity contribution in [2.24, 2.45) is 5.73 Å². The number of alkyl halides is 2. The average Bonchev–Trinajstić information content (AvgIpc) is 2.54. The van der Waals surface area contributed by atoms with Crippen molar-refractivity contribution in [3.63, 3.8) is 0 Å². The molecule has 0 saturated carbocycles. The maximum Gasteiger partial charge on any atom is 0.277 e. The normalized spacial score (nSPS) is 19.9. The fourth-order valence-electron chi connectivity index (χ4n) is 2.70. The molecule has 122 valence electrons. The van der Waals surface area contributed by atoms with E-state index in [9.17, 15) is 13.6 Å². The molecule has 0 radical (unpaired) electrons. The lowest BCUT2D eigenvalue weighted by Gasteiger charge is -2.35. The highest BCUT2D eigenvalue weighted by molar-refractivity contribution is 5.81. The van der Waals surface area contributed by atoms with Gasteiger partial charge >= 0.3 is 0 Å². The second-order valence-corrected chi connectivity index (χ2v) is 5.75. The first kappa shape index (κ1) is 16.8. The van der Waals surface area contributed by atoms with Crippen molar-refractivity contribution in [3.8, 4) is 0 Å². The molecule has 4 nitrogen and oxygen atoms in total. The Morgan fingerprint density at radius 1 is 1.32 bits per heavy atom. The zero-order valence-corrected chi connectivity index (χ0v) is 12.6. The van der Waals surface area contributed by atoms with E-state index in [2.05, 4.69) is 10.2 Å². The summed E-state index contributed by atoms with van der Waals surface area (Å²) in [5.41, 5.74) is 6.11. The van der Waals surface area contributed by atoms with Gasteiger partial charge in [-0.15, -0.1) is 0 Å². The number of halogens is 2. The molecule has 0 bridgehead atoms. The Bertz CT molecular complexity index is 482. The quantitative estimate of drug-likeness (QED) is 0.841. The van der Waals surface area contributed by atoms with Crippen LogP contribution in [0.25, 0.3) is 0 Å². The van der Waals surface area contributed by atoms with Crippen molar-refractivity contribution < 1.29 is 13.6 Å². The lowest BCUT2D eigenvalue weighted by Crippen LogP contribution is -2.52. The van der Waals surface area contributed by atoms with E-state index in [0.29, 0.717) is 13.0 Å². The van der Waals surface area contributed by atoms with Crippen molar-refractivity contribution in [3.05, 3.63) is 35.9 Å². The fourth-order valence-corrected chi connectivity index (χ4v) is 2.70. The smallest absolute Gasteiger partial charge is 0.277 e. The van der Waals surface area contributed by atoms with Crippen LogP contribution in [-0.4, -0.2) is 42.4 Å². The number of likely N-dealkylation sites (tertiary alicyclic amines) is 1. The average molecular weight is 311 g/mol. The SMILES string of the molecule is NCC(F)(F)CNC(=O)C1CCCCN1Cc1ccccc1. The van der Waals surface area contributed by atoms with E-state index in [1.807, 2.05) is 30.3 Å². The molecule has 1 saturated heterocycles. The van der Waals surface area contributed by atoms with Crippen LogP contribution in [0.4, 0.5) is 8.78 Å². The van der Waals surface area contributed by atoms with E-state index in [4.69, 9.17) is 5.73 Å². The summed E-state index contributed by atoms with van der Waals surface area (Å²) in [6, 6.07) is 9.52. The van der Waals surface area contributed by atoms with Gasteiger partial charge in [0.2, 0.25) is 5.91 Å². The van der Waals surface area contributed by atoms with Gasteiger partial charge in [-0.25, -0.2) is 8.78 Å². The third kappa shape index (κ3) is 4.74. The standard InChI is InChI=1S/C16H23F2N3O/c17-16(18,11-19)12-20-15(22)14-8-4-5-9-21(14)10-13-6-2-1-3-7-13/h1-3,6-7,14H,4-5,8-12,19H2,(H,20,22). The summed E-state index contributed by atoms with van der Waals surface area (Å²) >= 11 is 0. The van der Waals surface area contributed by atoms with Crippen LogP contribution in [0.1, 0.15) is 24.8 Å². The second kappa shape index (κ2) is 7.65. The van der Waals surface area contributed by atoms with Crippen molar-refractivity contribution >= 4 is 5.91 Å². The van der Waals surface area contributed by atoms with E-state index in [1.165, 1.54) is 0 Å². The Morgan fingerprint density at radius 3 is 2.73 bits per heavy atom. The molecular formula is C16H23F2N3O. The monoisotopic (exact) mass is 311 g/mol. The number of carbonyl (C=O) groups excluding carboxylic acids is 1. The number of rotatable bonds is 6. The van der Waals surface area contributed by atoms with Crippen LogP contribution in [0.5, 0.6) is 0 Å². The number of benzene rings is 1. The van der Waals surface area contributed by atoms with Crippen LogP contribution < -0.4 is 11.1 Å². The van der Waals surface area contributed by atoms with Gasteiger partial charge in [0, 0.05) is 6.54 Å². The van der Waals surface area contributed by atoms with Crippen molar-refractivity contribution in [1.82, 2.24) is 10.2 Å². The van der Waals surface area contributed by atoms with Crippen LogP contribution in [-0.2, 0) is 11.3 Å². The Labute approximate surface area is 129 Å². The highest BCUT2D eigenvalue weighted by Crippen LogP contribution is 2.20. The van der Waals surface area contributed by atoms with Gasteiger partial charge in [0.15, 0.2) is 0 Å². The Morgan fingerprint density at radius 2 is 2.05 bits per heavy atom. The maximum absolute atomic E-state index is 13.2. The van der Waals surface area contributed by atoms with Crippen LogP contribution in [0.2, 0.25) is 0 Å². The predicted molar refractivity (Wildman–Crippen MR) is 81.5 cm³/mol. The van der Waals surface area contributed by atoms with E-state index in [1.54, 1.807) is 0 Å². The maximum atomic E-state index is 13.2. The Kier molecular flexibility index (Phi) is 5.85. The summed E-state index contributed by atoms with van der Waals surface area (Å²) in [4.78, 5) is 14.3. The number of carbonyl (C=O) groups is 1. The molecule has 6 heteroatoms. The molecule has 1 atom stereocenters. The highest BCUT2D eigenvalue weighted by atomic mass is 19.3. The van der Waals surface area contributed by atoms with E-state index in [0.717, 1.165) is 24.9 Å². The number of hydrogen-bond donors (Lipinski definition) is 2. The molecule has 1 aliphatic heterocycles. The molecule has 1 aromatic rings. The topological polar surface area (TPSA) is 58.4 Å². The molecular weight excluding hydrogens is 288 g/mol. The summed E-state index contributed by atoms with van der Waals surface area (Å²) in [7, 11) is 0. The minimum Gasteiger partial charge on any atom is -0.349 e. The number of amides is 1. The van der Waals surface area contributed by atoms with Gasteiger partial charge in [-0.05, 0) is 24.9 Å². The van der Waals surface area contributed by atoms with Gasteiger partial charge in [-0.2, -0.15) is 0 Å². The van der Waals surface area contributed by atoms with Gasteiger partial charge in [0.05, 0.1) is 19.1 Å². The van der Waals surface area contributed by atoms with Gasteiger partial charge in [-0.1, -0.05) is 36.8 Å². The summed E-state index contributed by atoms with van der Waals surface area (Å²) in [6.07, 6.45) is 2.67. The largest absolute Gasteiger partial charge is 0.349 e. The third-order valence-corrected chi connectivity index (χ3v) is 3.96. The highest BCUT2D eigenvalue weighted by Gasteiger charge is 2.32. The lowest BCUT2D eigenvalue weighted by molar-refractivity contribution is -0.129. The van der Waals surface area contributed by atoms with Crippen LogP contribution >= 0.6 is 0 Å². The Hall–Kier alpha value is -1.53. The molecule has 22 heavy (non-hydrogen) atoms. The van der Waals surface area contributed by atoms with Gasteiger partial charge in [0.25, 0.3) is 5.92 Å². The van der Waals surface area contributed by atoms with Crippen molar-refractivity contribution in [1.29, 1.82) is 0 Å². The zero-order chi connectivity index (χ0) is 16.0. The van der Waals surface area contributed by atoms with Crippen molar-refractivity contribution in [2.45, 2.75) is 37.8 Å².